The number of nitrogens with zero attached hydrogens (tertiary/aromatic N) is 2. The van der Waals surface area contributed by atoms with Crippen molar-refractivity contribution in [3.05, 3.63) is 30.3 Å². The van der Waals surface area contributed by atoms with Crippen molar-refractivity contribution >= 4 is 35.6 Å². The minimum Gasteiger partial charge on any atom is -0.379 e. The molecule has 1 aliphatic rings. The lowest BCUT2D eigenvalue weighted by Gasteiger charge is -2.25. The van der Waals surface area contributed by atoms with Crippen molar-refractivity contribution in [2.75, 3.05) is 44.7 Å². The van der Waals surface area contributed by atoms with Crippen LogP contribution < -0.4 is 11.1 Å². The number of guanidine groups is 1. The van der Waals surface area contributed by atoms with E-state index in [1.165, 1.54) is 0 Å². The van der Waals surface area contributed by atoms with Gasteiger partial charge < -0.3 is 15.8 Å². The van der Waals surface area contributed by atoms with Gasteiger partial charge in [-0.05, 0) is 12.1 Å². The van der Waals surface area contributed by atoms with Crippen LogP contribution in [0.25, 0.3) is 0 Å². The summed E-state index contributed by atoms with van der Waals surface area (Å²) in [6.07, 6.45) is 0. The van der Waals surface area contributed by atoms with Crippen molar-refractivity contribution in [1.82, 2.24) is 4.90 Å². The number of hydrogen-bond donors (Lipinski definition) is 2. The molecule has 0 spiro atoms. The fourth-order valence-corrected chi connectivity index (χ4v) is 1.85. The summed E-state index contributed by atoms with van der Waals surface area (Å²) in [6, 6.07) is 9.82. The zero-order valence-corrected chi connectivity index (χ0v) is 13.2. The van der Waals surface area contributed by atoms with Crippen molar-refractivity contribution in [3.63, 3.8) is 0 Å². The maximum atomic E-state index is 5.82. The van der Waals surface area contributed by atoms with Gasteiger partial charge in [0.2, 0.25) is 0 Å². The molecule has 0 saturated carbocycles. The van der Waals surface area contributed by atoms with Gasteiger partial charge in [0.05, 0.1) is 19.8 Å². The molecule has 0 radical (unpaired) electrons. The largest absolute Gasteiger partial charge is 0.379 e. The highest BCUT2D eigenvalue weighted by Crippen LogP contribution is 2.03. The Labute approximate surface area is 131 Å². The lowest BCUT2D eigenvalue weighted by Crippen LogP contribution is -2.38. The monoisotopic (exact) mass is 376 g/mol. The van der Waals surface area contributed by atoms with E-state index < -0.39 is 0 Å². The molecule has 106 valence electrons. The van der Waals surface area contributed by atoms with Crippen LogP contribution in [0.2, 0.25) is 0 Å². The van der Waals surface area contributed by atoms with Gasteiger partial charge in [0.1, 0.15) is 0 Å². The van der Waals surface area contributed by atoms with E-state index in [1.54, 1.807) is 0 Å². The molecule has 3 N–H and O–H groups in total. The van der Waals surface area contributed by atoms with Crippen LogP contribution in [-0.4, -0.2) is 50.3 Å². The Morgan fingerprint density at radius 3 is 2.63 bits per heavy atom. The molecule has 1 heterocycles. The van der Waals surface area contributed by atoms with Crippen LogP contribution in [0.5, 0.6) is 0 Å². The lowest BCUT2D eigenvalue weighted by molar-refractivity contribution is 0.0394. The fourth-order valence-electron chi connectivity index (χ4n) is 1.85. The maximum absolute atomic E-state index is 5.82. The number of para-hydroxylation sites is 1. The lowest BCUT2D eigenvalue weighted by atomic mass is 10.3. The van der Waals surface area contributed by atoms with E-state index in [1.807, 2.05) is 30.3 Å². The Kier molecular flexibility index (Phi) is 7.76. The number of ether oxygens (including phenoxy) is 1. The number of nitrogens with two attached hydrogens (primary N) is 1. The molecule has 5 nitrogen and oxygen atoms in total. The minimum absolute atomic E-state index is 0. The maximum Gasteiger partial charge on any atom is 0.193 e. The molecular weight excluding hydrogens is 355 g/mol. The molecule has 2 rings (SSSR count). The van der Waals surface area contributed by atoms with Gasteiger partial charge in [-0.15, -0.1) is 24.0 Å². The van der Waals surface area contributed by atoms with Gasteiger partial charge in [0.15, 0.2) is 5.96 Å². The molecular formula is C13H21IN4O. The third-order valence-corrected chi connectivity index (χ3v) is 2.85. The van der Waals surface area contributed by atoms with Crippen LogP contribution >= 0.6 is 24.0 Å². The molecule has 1 fully saturated rings. The van der Waals surface area contributed by atoms with Gasteiger partial charge in [0, 0.05) is 25.3 Å². The molecule has 1 saturated heterocycles. The van der Waals surface area contributed by atoms with Crippen molar-refractivity contribution in [2.24, 2.45) is 10.7 Å². The predicted molar refractivity (Wildman–Crippen MR) is 89.2 cm³/mol. The highest BCUT2D eigenvalue weighted by atomic mass is 127. The molecule has 1 aliphatic heterocycles. The van der Waals surface area contributed by atoms with Crippen LogP contribution in [0, 0.1) is 0 Å². The first-order valence-electron chi connectivity index (χ1n) is 6.27. The van der Waals surface area contributed by atoms with Gasteiger partial charge in [0.25, 0.3) is 0 Å². The number of benzene rings is 1. The van der Waals surface area contributed by atoms with Gasteiger partial charge >= 0.3 is 0 Å². The first-order chi connectivity index (χ1) is 8.84. The third kappa shape index (κ3) is 6.22. The Hall–Kier alpha value is -0.860. The molecule has 1 aromatic rings. The summed E-state index contributed by atoms with van der Waals surface area (Å²) >= 11 is 0. The Balaban J connectivity index is 0.00000180. The van der Waals surface area contributed by atoms with Crippen molar-refractivity contribution < 1.29 is 4.74 Å². The molecule has 6 heteroatoms. The number of anilines is 1. The Bertz CT molecular complexity index is 379. The minimum atomic E-state index is 0. The van der Waals surface area contributed by atoms with Crippen LogP contribution in [0.4, 0.5) is 5.69 Å². The summed E-state index contributed by atoms with van der Waals surface area (Å²) in [5, 5.41) is 3.06. The van der Waals surface area contributed by atoms with E-state index in [4.69, 9.17) is 10.5 Å². The third-order valence-electron chi connectivity index (χ3n) is 2.85. The standard InChI is InChI=1S/C13H20N4O.HI/c14-13(16-12-4-2-1-3-5-12)15-6-7-17-8-10-18-11-9-17;/h1-5H,6-11H2,(H3,14,15,16);1H. The molecule has 0 aliphatic carbocycles. The topological polar surface area (TPSA) is 62.9 Å². The van der Waals surface area contributed by atoms with E-state index in [2.05, 4.69) is 15.2 Å². The normalized spacial score (nSPS) is 16.7. The highest BCUT2D eigenvalue weighted by Gasteiger charge is 2.08. The first-order valence-corrected chi connectivity index (χ1v) is 6.27. The van der Waals surface area contributed by atoms with E-state index in [0.29, 0.717) is 12.5 Å². The van der Waals surface area contributed by atoms with Gasteiger partial charge in [-0.2, -0.15) is 0 Å². The number of nitrogens with one attached hydrogen (secondary N) is 1. The fraction of sp³-hybridized carbons (Fsp3) is 0.462. The predicted octanol–water partition coefficient (Wildman–Crippen LogP) is 1.36. The van der Waals surface area contributed by atoms with Crippen molar-refractivity contribution in [2.45, 2.75) is 0 Å². The second-order valence-corrected chi connectivity index (χ2v) is 4.21. The number of hydrogen-bond acceptors (Lipinski definition) is 3. The molecule has 0 aromatic heterocycles. The highest BCUT2D eigenvalue weighted by molar-refractivity contribution is 14.0. The average molecular weight is 376 g/mol. The van der Waals surface area contributed by atoms with Crippen LogP contribution in [0.1, 0.15) is 0 Å². The smallest absolute Gasteiger partial charge is 0.193 e. The summed E-state index contributed by atoms with van der Waals surface area (Å²) in [6.45, 7) is 5.26. The molecule has 0 amide bonds. The second-order valence-electron chi connectivity index (χ2n) is 4.21. The van der Waals surface area contributed by atoms with Crippen LogP contribution in [0.3, 0.4) is 0 Å². The zero-order valence-electron chi connectivity index (χ0n) is 10.9. The summed E-state index contributed by atoms with van der Waals surface area (Å²) in [7, 11) is 0. The average Bonchev–Trinajstić information content (AvgIpc) is 2.41. The van der Waals surface area contributed by atoms with Gasteiger partial charge in [-0.25, -0.2) is 0 Å². The first kappa shape index (κ1) is 16.2. The summed E-state index contributed by atoms with van der Waals surface area (Å²) in [5.41, 5.74) is 6.78. The van der Waals surface area contributed by atoms with E-state index >= 15 is 0 Å². The van der Waals surface area contributed by atoms with Crippen LogP contribution in [-0.2, 0) is 4.74 Å². The molecule has 0 atom stereocenters. The molecule has 0 unspecified atom stereocenters. The number of rotatable bonds is 4. The summed E-state index contributed by atoms with van der Waals surface area (Å²) in [4.78, 5) is 6.65. The van der Waals surface area contributed by atoms with Gasteiger partial charge in [-0.1, -0.05) is 18.2 Å². The van der Waals surface area contributed by atoms with Gasteiger partial charge in [-0.3, -0.25) is 9.89 Å². The second kappa shape index (κ2) is 9.11. The zero-order chi connectivity index (χ0) is 12.6. The molecule has 1 aromatic carbocycles. The number of aliphatic imine (C=N–C) groups is 1. The molecule has 19 heavy (non-hydrogen) atoms. The van der Waals surface area contributed by atoms with Crippen LogP contribution in [0.15, 0.2) is 35.3 Å². The van der Waals surface area contributed by atoms with E-state index in [0.717, 1.165) is 38.5 Å². The molecule has 0 bridgehead atoms. The summed E-state index contributed by atoms with van der Waals surface area (Å²) in [5.74, 6) is 0.467. The van der Waals surface area contributed by atoms with E-state index in [-0.39, 0.29) is 24.0 Å². The Morgan fingerprint density at radius 2 is 1.95 bits per heavy atom. The SMILES string of the molecule is I.NC(=NCCN1CCOCC1)Nc1ccccc1. The van der Waals surface area contributed by atoms with Crippen molar-refractivity contribution in [3.8, 4) is 0 Å². The number of halogens is 1. The Morgan fingerprint density at radius 1 is 1.26 bits per heavy atom. The summed E-state index contributed by atoms with van der Waals surface area (Å²) < 4.78 is 5.29. The van der Waals surface area contributed by atoms with E-state index in [9.17, 15) is 0 Å². The quantitative estimate of drug-likeness (QED) is 0.473. The van der Waals surface area contributed by atoms with Crippen molar-refractivity contribution in [1.29, 1.82) is 0 Å². The number of morpholine rings is 1.